The molecule has 1 aliphatic heterocycles. The zero-order chi connectivity index (χ0) is 14.8. The Hall–Kier alpha value is -0.780. The van der Waals surface area contributed by atoms with Crippen molar-refractivity contribution in [2.75, 3.05) is 19.6 Å². The number of carbonyl (C=O) groups is 1. The van der Waals surface area contributed by atoms with Gasteiger partial charge in [-0.15, -0.1) is 0 Å². The van der Waals surface area contributed by atoms with Crippen LogP contribution in [0.25, 0.3) is 0 Å². The van der Waals surface area contributed by atoms with Crippen LogP contribution in [0.1, 0.15) is 39.0 Å². The minimum Gasteiger partial charge on any atom is -0.338 e. The first-order valence-electron chi connectivity index (χ1n) is 7.51. The maximum atomic E-state index is 12.6. The van der Waals surface area contributed by atoms with Gasteiger partial charge in [-0.1, -0.05) is 0 Å². The molecule has 116 valence electrons. The highest BCUT2D eigenvalue weighted by atomic mass is 19.4. The van der Waals surface area contributed by atoms with Gasteiger partial charge in [0.2, 0.25) is 5.91 Å². The summed E-state index contributed by atoms with van der Waals surface area (Å²) in [6, 6.07) is 0.216. The fraction of sp³-hybridized carbons (Fsp3) is 0.929. The van der Waals surface area contributed by atoms with Crippen molar-refractivity contribution in [1.82, 2.24) is 10.2 Å². The van der Waals surface area contributed by atoms with Gasteiger partial charge in [0.15, 0.2) is 0 Å². The van der Waals surface area contributed by atoms with Crippen LogP contribution >= 0.6 is 0 Å². The Morgan fingerprint density at radius 2 is 1.85 bits per heavy atom. The molecule has 1 saturated heterocycles. The number of hydrogen-bond donors (Lipinski definition) is 1. The first-order valence-corrected chi connectivity index (χ1v) is 7.51. The van der Waals surface area contributed by atoms with E-state index < -0.39 is 12.1 Å². The molecule has 0 radical (unpaired) electrons. The Kier molecular flexibility index (Phi) is 4.94. The molecule has 1 heterocycles. The number of amides is 1. The van der Waals surface area contributed by atoms with Crippen LogP contribution in [0.15, 0.2) is 0 Å². The van der Waals surface area contributed by atoms with Gasteiger partial charge in [-0.05, 0) is 45.6 Å². The molecule has 1 unspecified atom stereocenters. The zero-order valence-corrected chi connectivity index (χ0v) is 11.9. The van der Waals surface area contributed by atoms with Crippen molar-refractivity contribution in [2.45, 2.75) is 51.2 Å². The van der Waals surface area contributed by atoms with E-state index in [2.05, 4.69) is 5.32 Å². The van der Waals surface area contributed by atoms with E-state index in [1.807, 2.05) is 11.8 Å². The first-order chi connectivity index (χ1) is 9.43. The molecular formula is C14H23F3N2O. The summed E-state index contributed by atoms with van der Waals surface area (Å²) < 4.78 is 37.9. The van der Waals surface area contributed by atoms with Gasteiger partial charge >= 0.3 is 6.18 Å². The lowest BCUT2D eigenvalue weighted by Crippen LogP contribution is -2.45. The summed E-state index contributed by atoms with van der Waals surface area (Å²) in [7, 11) is 0. The van der Waals surface area contributed by atoms with Crippen LogP contribution in [0.3, 0.4) is 0 Å². The predicted molar refractivity (Wildman–Crippen MR) is 70.2 cm³/mol. The molecular weight excluding hydrogens is 269 g/mol. The summed E-state index contributed by atoms with van der Waals surface area (Å²) in [5.41, 5.74) is 0. The fourth-order valence-electron chi connectivity index (χ4n) is 3.40. The molecule has 0 aromatic carbocycles. The van der Waals surface area contributed by atoms with E-state index in [1.54, 1.807) is 0 Å². The molecule has 0 spiro atoms. The third-order valence-corrected chi connectivity index (χ3v) is 4.64. The first kappa shape index (κ1) is 15.6. The standard InChI is InChI=1S/C14H23F3N2O/c1-2-19(12-7-8-18-9-12)13(20)10-3-5-11(6-4-10)14(15,16)17/h10-12,18H,2-9H2,1H3. The van der Waals surface area contributed by atoms with E-state index in [1.165, 1.54) is 0 Å². The highest BCUT2D eigenvalue weighted by Crippen LogP contribution is 2.40. The molecule has 6 heteroatoms. The molecule has 1 aliphatic carbocycles. The molecule has 0 bridgehead atoms. The number of nitrogens with zero attached hydrogens (tertiary/aromatic N) is 1. The average Bonchev–Trinajstić information content (AvgIpc) is 2.92. The predicted octanol–water partition coefficient (Wildman–Crippen LogP) is 2.57. The lowest BCUT2D eigenvalue weighted by molar-refractivity contribution is -0.185. The molecule has 1 saturated carbocycles. The normalized spacial score (nSPS) is 31.3. The smallest absolute Gasteiger partial charge is 0.338 e. The molecule has 2 aliphatic rings. The van der Waals surface area contributed by atoms with E-state index in [-0.39, 0.29) is 30.7 Å². The minimum atomic E-state index is -4.10. The molecule has 0 aromatic rings. The van der Waals surface area contributed by atoms with Crippen molar-refractivity contribution in [3.63, 3.8) is 0 Å². The van der Waals surface area contributed by atoms with Gasteiger partial charge in [0.25, 0.3) is 0 Å². The molecule has 1 N–H and O–H groups in total. The average molecular weight is 292 g/mol. The second kappa shape index (κ2) is 6.33. The Morgan fingerprint density at radius 3 is 2.30 bits per heavy atom. The number of rotatable bonds is 3. The van der Waals surface area contributed by atoms with Gasteiger partial charge in [0, 0.05) is 25.0 Å². The second-order valence-electron chi connectivity index (χ2n) is 5.86. The lowest BCUT2D eigenvalue weighted by atomic mass is 9.81. The van der Waals surface area contributed by atoms with Crippen LogP contribution in [0.2, 0.25) is 0 Å². The molecule has 2 fully saturated rings. The molecule has 1 amide bonds. The maximum absolute atomic E-state index is 12.6. The van der Waals surface area contributed by atoms with Crippen LogP contribution in [-0.2, 0) is 4.79 Å². The van der Waals surface area contributed by atoms with Crippen LogP contribution in [0.4, 0.5) is 13.2 Å². The van der Waals surface area contributed by atoms with Gasteiger partial charge in [-0.25, -0.2) is 0 Å². The summed E-state index contributed by atoms with van der Waals surface area (Å²) in [6.45, 7) is 4.30. The quantitative estimate of drug-likeness (QED) is 0.867. The van der Waals surface area contributed by atoms with Gasteiger partial charge in [-0.2, -0.15) is 13.2 Å². The zero-order valence-electron chi connectivity index (χ0n) is 11.9. The number of nitrogens with one attached hydrogen (secondary N) is 1. The van der Waals surface area contributed by atoms with Crippen molar-refractivity contribution in [1.29, 1.82) is 0 Å². The number of alkyl halides is 3. The summed E-state index contributed by atoms with van der Waals surface area (Å²) >= 11 is 0. The Bertz CT molecular complexity index is 332. The van der Waals surface area contributed by atoms with E-state index in [0.717, 1.165) is 19.5 Å². The highest BCUT2D eigenvalue weighted by Gasteiger charge is 2.43. The summed E-state index contributed by atoms with van der Waals surface area (Å²) in [6.07, 6.45) is -2.22. The number of halogens is 3. The number of likely N-dealkylation sites (N-methyl/N-ethyl adjacent to an activating group) is 1. The van der Waals surface area contributed by atoms with E-state index in [9.17, 15) is 18.0 Å². The van der Waals surface area contributed by atoms with Crippen molar-refractivity contribution in [2.24, 2.45) is 11.8 Å². The Morgan fingerprint density at radius 1 is 1.20 bits per heavy atom. The van der Waals surface area contributed by atoms with Crippen molar-refractivity contribution >= 4 is 5.91 Å². The third kappa shape index (κ3) is 3.45. The largest absolute Gasteiger partial charge is 0.391 e. The topological polar surface area (TPSA) is 32.3 Å². The van der Waals surface area contributed by atoms with Crippen LogP contribution in [-0.4, -0.2) is 42.7 Å². The molecule has 2 rings (SSSR count). The second-order valence-corrected chi connectivity index (χ2v) is 5.86. The SMILES string of the molecule is CCN(C(=O)C1CCC(C(F)(F)F)CC1)C1CCNC1. The maximum Gasteiger partial charge on any atom is 0.391 e. The molecule has 1 atom stereocenters. The van der Waals surface area contributed by atoms with Crippen molar-refractivity contribution < 1.29 is 18.0 Å². The van der Waals surface area contributed by atoms with Crippen LogP contribution in [0, 0.1) is 11.8 Å². The monoisotopic (exact) mass is 292 g/mol. The van der Waals surface area contributed by atoms with Gasteiger partial charge in [0.1, 0.15) is 0 Å². The summed E-state index contributed by atoms with van der Waals surface area (Å²) in [4.78, 5) is 14.3. The third-order valence-electron chi connectivity index (χ3n) is 4.64. The van der Waals surface area contributed by atoms with Crippen LogP contribution in [0.5, 0.6) is 0 Å². The number of hydrogen-bond acceptors (Lipinski definition) is 2. The Labute approximate surface area is 117 Å². The van der Waals surface area contributed by atoms with Crippen molar-refractivity contribution in [3.05, 3.63) is 0 Å². The summed E-state index contributed by atoms with van der Waals surface area (Å²) in [5.74, 6) is -1.37. The molecule has 3 nitrogen and oxygen atoms in total. The van der Waals surface area contributed by atoms with E-state index >= 15 is 0 Å². The Balaban J connectivity index is 1.90. The van der Waals surface area contributed by atoms with Gasteiger partial charge in [-0.3, -0.25) is 4.79 Å². The van der Waals surface area contributed by atoms with Gasteiger partial charge < -0.3 is 10.2 Å². The van der Waals surface area contributed by atoms with E-state index in [0.29, 0.717) is 19.4 Å². The fourth-order valence-corrected chi connectivity index (χ4v) is 3.40. The lowest BCUT2D eigenvalue weighted by Gasteiger charge is -2.35. The molecule has 20 heavy (non-hydrogen) atoms. The number of carbonyl (C=O) groups excluding carboxylic acids is 1. The van der Waals surface area contributed by atoms with Gasteiger partial charge in [0.05, 0.1) is 5.92 Å². The summed E-state index contributed by atoms with van der Waals surface area (Å²) in [5, 5.41) is 3.23. The minimum absolute atomic E-state index is 0.0572. The highest BCUT2D eigenvalue weighted by molar-refractivity contribution is 5.79. The van der Waals surface area contributed by atoms with Crippen molar-refractivity contribution in [3.8, 4) is 0 Å². The van der Waals surface area contributed by atoms with E-state index in [4.69, 9.17) is 0 Å². The molecule has 0 aromatic heterocycles. The van der Waals surface area contributed by atoms with Crippen LogP contribution < -0.4 is 5.32 Å².